The van der Waals surface area contributed by atoms with Gasteiger partial charge in [0.2, 0.25) is 6.54 Å². The molecule has 0 amide bonds. The van der Waals surface area contributed by atoms with E-state index in [1.165, 1.54) is 5.56 Å². The molecule has 0 saturated heterocycles. The topological polar surface area (TPSA) is 60.2 Å². The molecule has 2 rings (SSSR count). The summed E-state index contributed by atoms with van der Waals surface area (Å²) in [6.45, 7) is 4.08. The molecule has 0 heterocycles. The number of hydrogen-bond acceptors (Lipinski definition) is 3. The predicted octanol–water partition coefficient (Wildman–Crippen LogP) is 3.93. The van der Waals surface area contributed by atoms with Crippen LogP contribution in [0.3, 0.4) is 0 Å². The van der Waals surface area contributed by atoms with Crippen molar-refractivity contribution in [2.45, 2.75) is 51.4 Å². The van der Waals surface area contributed by atoms with Crippen molar-refractivity contribution >= 4 is 5.78 Å². The van der Waals surface area contributed by atoms with Crippen molar-refractivity contribution in [2.75, 3.05) is 6.54 Å². The molecular weight excluding hydrogens is 266 g/mol. The van der Waals surface area contributed by atoms with Crippen molar-refractivity contribution in [3.63, 3.8) is 0 Å². The normalized spacial score (nSPS) is 20.5. The average molecular weight is 289 g/mol. The van der Waals surface area contributed by atoms with E-state index in [2.05, 4.69) is 13.8 Å². The van der Waals surface area contributed by atoms with E-state index in [1.807, 2.05) is 24.3 Å². The highest BCUT2D eigenvalue weighted by molar-refractivity contribution is 5.82. The molecule has 114 valence electrons. The molecule has 0 N–H and O–H groups in total. The lowest BCUT2D eigenvalue weighted by atomic mass is 9.75. The molecule has 1 aliphatic rings. The van der Waals surface area contributed by atoms with Crippen LogP contribution in [0.5, 0.6) is 0 Å². The Balaban J connectivity index is 2.26. The van der Waals surface area contributed by atoms with Crippen molar-refractivity contribution in [3.05, 3.63) is 45.5 Å². The predicted molar refractivity (Wildman–Crippen MR) is 82.1 cm³/mol. The van der Waals surface area contributed by atoms with E-state index >= 15 is 0 Å². The summed E-state index contributed by atoms with van der Waals surface area (Å²) >= 11 is 0. The van der Waals surface area contributed by atoms with Gasteiger partial charge in [0.1, 0.15) is 5.78 Å². The van der Waals surface area contributed by atoms with E-state index in [0.717, 1.165) is 24.8 Å². The number of carbonyl (C=O) groups is 1. The largest absolute Gasteiger partial charge is 0.299 e. The summed E-state index contributed by atoms with van der Waals surface area (Å²) in [6, 6.07) is 7.98. The first-order valence-corrected chi connectivity index (χ1v) is 7.73. The Morgan fingerprint density at radius 1 is 1.19 bits per heavy atom. The van der Waals surface area contributed by atoms with Crippen molar-refractivity contribution in [2.24, 2.45) is 5.92 Å². The molecule has 0 spiro atoms. The second-order valence-electron chi connectivity index (χ2n) is 6.26. The molecule has 1 saturated carbocycles. The highest BCUT2D eigenvalue weighted by atomic mass is 16.6. The van der Waals surface area contributed by atoms with Crippen LogP contribution in [0.25, 0.3) is 0 Å². The van der Waals surface area contributed by atoms with Crippen LogP contribution in [0.2, 0.25) is 0 Å². The summed E-state index contributed by atoms with van der Waals surface area (Å²) < 4.78 is 0. The molecular formula is C17H23NO3. The Bertz CT molecular complexity index is 507. The minimum atomic E-state index is -0.289. The van der Waals surface area contributed by atoms with E-state index in [-0.39, 0.29) is 29.1 Å². The average Bonchev–Trinajstić information content (AvgIpc) is 2.45. The lowest BCUT2D eigenvalue weighted by molar-refractivity contribution is -0.484. The van der Waals surface area contributed by atoms with Crippen molar-refractivity contribution in [3.8, 4) is 0 Å². The van der Waals surface area contributed by atoms with Gasteiger partial charge < -0.3 is 0 Å². The van der Waals surface area contributed by atoms with Crippen molar-refractivity contribution in [1.82, 2.24) is 0 Å². The number of ketones is 1. The molecule has 1 aliphatic carbocycles. The molecule has 1 unspecified atom stereocenters. The molecule has 0 bridgehead atoms. The first-order valence-electron chi connectivity index (χ1n) is 7.73. The maximum atomic E-state index is 12.1. The summed E-state index contributed by atoms with van der Waals surface area (Å²) in [7, 11) is 0. The van der Waals surface area contributed by atoms with Crippen LogP contribution in [0, 0.1) is 16.0 Å². The van der Waals surface area contributed by atoms with Crippen molar-refractivity contribution in [1.29, 1.82) is 0 Å². The van der Waals surface area contributed by atoms with Gasteiger partial charge in [-0.25, -0.2) is 0 Å². The Kier molecular flexibility index (Phi) is 5.10. The summed E-state index contributed by atoms with van der Waals surface area (Å²) in [4.78, 5) is 22.9. The zero-order valence-corrected chi connectivity index (χ0v) is 12.7. The van der Waals surface area contributed by atoms with Gasteiger partial charge in [-0.1, -0.05) is 44.5 Å². The fourth-order valence-corrected chi connectivity index (χ4v) is 3.19. The third-order valence-electron chi connectivity index (χ3n) is 4.46. The fraction of sp³-hybridized carbons (Fsp3) is 0.588. The number of nitrogens with zero attached hydrogens (tertiary/aromatic N) is 1. The molecule has 4 heteroatoms. The number of rotatable bonds is 5. The van der Waals surface area contributed by atoms with Crippen LogP contribution in [0.1, 0.15) is 62.5 Å². The third kappa shape index (κ3) is 3.90. The van der Waals surface area contributed by atoms with Crippen LogP contribution in [-0.2, 0) is 4.79 Å². The summed E-state index contributed by atoms with van der Waals surface area (Å²) in [5.74, 6) is 0.161. The van der Waals surface area contributed by atoms with E-state index in [1.54, 1.807) is 0 Å². The quantitative estimate of drug-likeness (QED) is 0.609. The second-order valence-corrected chi connectivity index (χ2v) is 6.26. The summed E-state index contributed by atoms with van der Waals surface area (Å²) in [6.07, 6.45) is 3.27. The van der Waals surface area contributed by atoms with Crippen LogP contribution in [-0.4, -0.2) is 17.3 Å². The van der Waals surface area contributed by atoms with E-state index < -0.39 is 0 Å². The van der Waals surface area contributed by atoms with Gasteiger partial charge in [0, 0.05) is 17.3 Å². The lowest BCUT2D eigenvalue weighted by Crippen LogP contribution is -2.30. The van der Waals surface area contributed by atoms with E-state index in [9.17, 15) is 14.9 Å². The Morgan fingerprint density at radius 3 is 2.33 bits per heavy atom. The van der Waals surface area contributed by atoms with Crippen LogP contribution in [0.15, 0.2) is 24.3 Å². The zero-order chi connectivity index (χ0) is 15.4. The van der Waals surface area contributed by atoms with E-state index in [4.69, 9.17) is 0 Å². The molecule has 1 aromatic carbocycles. The summed E-state index contributed by atoms with van der Waals surface area (Å²) in [5, 5.41) is 11.0. The highest BCUT2D eigenvalue weighted by Crippen LogP contribution is 2.34. The molecule has 4 nitrogen and oxygen atoms in total. The Labute approximate surface area is 125 Å². The number of carbonyl (C=O) groups excluding carboxylic acids is 1. The lowest BCUT2D eigenvalue weighted by Gasteiger charge is -2.27. The first kappa shape index (κ1) is 15.7. The SMILES string of the molecule is CC(C)c1ccc(C(C[N+](=O)[O-])[C@H]2CCCCC2=O)cc1. The number of Topliss-reactive ketones (excluding diaryl/α,β-unsaturated/α-hetero) is 1. The minimum absolute atomic E-state index is 0.155. The monoisotopic (exact) mass is 289 g/mol. The molecule has 0 radical (unpaired) electrons. The van der Waals surface area contributed by atoms with Crippen molar-refractivity contribution < 1.29 is 9.72 Å². The van der Waals surface area contributed by atoms with E-state index in [0.29, 0.717) is 12.3 Å². The van der Waals surface area contributed by atoms with Gasteiger partial charge in [-0.15, -0.1) is 0 Å². The fourth-order valence-electron chi connectivity index (χ4n) is 3.19. The van der Waals surface area contributed by atoms with Gasteiger partial charge in [-0.2, -0.15) is 0 Å². The van der Waals surface area contributed by atoms with Crippen LogP contribution >= 0.6 is 0 Å². The van der Waals surface area contributed by atoms with Crippen LogP contribution < -0.4 is 0 Å². The maximum absolute atomic E-state index is 12.1. The first-order chi connectivity index (χ1) is 9.99. The number of nitro groups is 1. The standard InChI is InChI=1S/C17H23NO3/c1-12(2)13-7-9-14(10-8-13)16(11-18(20)21)15-5-3-4-6-17(15)19/h7-10,12,15-16H,3-6,11H2,1-2H3/t15-,16?/m1/s1. The minimum Gasteiger partial charge on any atom is -0.299 e. The molecule has 21 heavy (non-hydrogen) atoms. The van der Waals surface area contributed by atoms with Gasteiger partial charge in [-0.05, 0) is 29.9 Å². The second kappa shape index (κ2) is 6.83. The number of benzene rings is 1. The molecule has 1 fully saturated rings. The van der Waals surface area contributed by atoms with Gasteiger partial charge in [0.15, 0.2) is 0 Å². The Hall–Kier alpha value is -1.71. The Morgan fingerprint density at radius 2 is 1.81 bits per heavy atom. The van der Waals surface area contributed by atoms with Gasteiger partial charge in [0.05, 0.1) is 5.92 Å². The molecule has 0 aromatic heterocycles. The molecule has 0 aliphatic heterocycles. The highest BCUT2D eigenvalue weighted by Gasteiger charge is 2.34. The molecule has 1 aromatic rings. The smallest absolute Gasteiger partial charge is 0.211 e. The maximum Gasteiger partial charge on any atom is 0.211 e. The van der Waals surface area contributed by atoms with Crippen LogP contribution in [0.4, 0.5) is 0 Å². The van der Waals surface area contributed by atoms with Gasteiger partial charge in [0.25, 0.3) is 0 Å². The van der Waals surface area contributed by atoms with Gasteiger partial charge in [-0.3, -0.25) is 14.9 Å². The third-order valence-corrected chi connectivity index (χ3v) is 4.46. The van der Waals surface area contributed by atoms with Gasteiger partial charge >= 0.3 is 0 Å². The summed E-state index contributed by atoms with van der Waals surface area (Å²) in [5.41, 5.74) is 2.14. The zero-order valence-electron chi connectivity index (χ0n) is 12.7. The molecule has 2 atom stereocenters. The number of hydrogen-bond donors (Lipinski definition) is 0.